The summed E-state index contributed by atoms with van der Waals surface area (Å²) < 4.78 is 40.5. The van der Waals surface area contributed by atoms with Crippen LogP contribution in [0, 0.1) is 12.7 Å². The predicted molar refractivity (Wildman–Crippen MR) is 79.7 cm³/mol. The lowest BCUT2D eigenvalue weighted by molar-refractivity contribution is -0.136. The van der Waals surface area contributed by atoms with Crippen molar-refractivity contribution in [1.29, 1.82) is 0 Å². The Bertz CT molecular complexity index is 864. The standard InChI is InChI=1S/C13H10Cl2F3N3O3/c1-5-19-21(13(24)20(5)12(17)18)7-4-6(2-3-8(22)23)9(14)10(15)11(7)16/h4,12H,2-3H2,1H3,(H,22,23). The second-order valence-electron chi connectivity index (χ2n) is 4.78. The van der Waals surface area contributed by atoms with Gasteiger partial charge in [-0.2, -0.15) is 13.5 Å². The molecular weight excluding hydrogens is 374 g/mol. The van der Waals surface area contributed by atoms with Gasteiger partial charge in [0.15, 0.2) is 5.82 Å². The SMILES string of the molecule is Cc1nn(-c2cc(CCC(=O)O)c(Cl)c(Cl)c2F)c(=O)n1C(F)F. The average Bonchev–Trinajstić information content (AvgIpc) is 2.79. The second-order valence-corrected chi connectivity index (χ2v) is 5.54. The normalized spacial score (nSPS) is 11.3. The fraction of sp³-hybridized carbons (Fsp3) is 0.308. The molecule has 2 aromatic rings. The first-order valence-electron chi connectivity index (χ1n) is 6.50. The maximum atomic E-state index is 14.3. The van der Waals surface area contributed by atoms with Gasteiger partial charge in [-0.05, 0) is 25.0 Å². The predicted octanol–water partition coefficient (Wildman–Crippen LogP) is 3.20. The fourth-order valence-electron chi connectivity index (χ4n) is 2.08. The van der Waals surface area contributed by atoms with Gasteiger partial charge in [-0.15, -0.1) is 5.10 Å². The van der Waals surface area contributed by atoms with Crippen molar-refractivity contribution >= 4 is 29.2 Å². The van der Waals surface area contributed by atoms with Crippen molar-refractivity contribution in [3.05, 3.63) is 43.8 Å². The molecule has 24 heavy (non-hydrogen) atoms. The zero-order valence-corrected chi connectivity index (χ0v) is 13.6. The van der Waals surface area contributed by atoms with Gasteiger partial charge >= 0.3 is 18.2 Å². The summed E-state index contributed by atoms with van der Waals surface area (Å²) in [4.78, 5) is 22.7. The Kier molecular flexibility index (Phi) is 5.24. The molecule has 1 N–H and O–H groups in total. The number of nitrogens with zero attached hydrogens (tertiary/aromatic N) is 3. The lowest BCUT2D eigenvalue weighted by atomic mass is 10.1. The van der Waals surface area contributed by atoms with Gasteiger partial charge in [-0.25, -0.2) is 13.8 Å². The van der Waals surface area contributed by atoms with Crippen molar-refractivity contribution in [2.75, 3.05) is 0 Å². The summed E-state index contributed by atoms with van der Waals surface area (Å²) >= 11 is 11.6. The van der Waals surface area contributed by atoms with E-state index in [0.717, 1.165) is 13.0 Å². The Balaban J connectivity index is 2.65. The molecule has 1 heterocycles. The molecule has 0 fully saturated rings. The van der Waals surface area contributed by atoms with Crippen LogP contribution >= 0.6 is 23.2 Å². The quantitative estimate of drug-likeness (QED) is 0.804. The number of benzene rings is 1. The Labute approximate surface area is 143 Å². The molecule has 0 aliphatic rings. The number of hydrogen-bond acceptors (Lipinski definition) is 3. The number of halogens is 5. The summed E-state index contributed by atoms with van der Waals surface area (Å²) in [6.07, 6.45) is -0.412. The van der Waals surface area contributed by atoms with E-state index in [2.05, 4.69) is 5.10 Å². The van der Waals surface area contributed by atoms with Crippen molar-refractivity contribution in [1.82, 2.24) is 14.3 Å². The maximum Gasteiger partial charge on any atom is 0.355 e. The smallest absolute Gasteiger partial charge is 0.355 e. The van der Waals surface area contributed by atoms with E-state index in [1.54, 1.807) is 0 Å². The molecule has 0 radical (unpaired) electrons. The maximum absolute atomic E-state index is 14.3. The van der Waals surface area contributed by atoms with E-state index >= 15 is 0 Å². The summed E-state index contributed by atoms with van der Waals surface area (Å²) in [6.45, 7) is -1.99. The summed E-state index contributed by atoms with van der Waals surface area (Å²) in [7, 11) is 0. The average molecular weight is 384 g/mol. The first kappa shape index (κ1) is 18.3. The minimum atomic E-state index is -3.15. The molecule has 1 aromatic heterocycles. The molecule has 2 rings (SSSR count). The molecule has 11 heteroatoms. The highest BCUT2D eigenvalue weighted by atomic mass is 35.5. The van der Waals surface area contributed by atoms with Crippen LogP contribution in [-0.4, -0.2) is 25.4 Å². The third kappa shape index (κ3) is 3.27. The van der Waals surface area contributed by atoms with Crippen molar-refractivity contribution in [3.8, 4) is 5.69 Å². The number of carboxylic acids is 1. The molecule has 0 bridgehead atoms. The first-order chi connectivity index (χ1) is 11.1. The Morgan fingerprint density at radius 2 is 2.00 bits per heavy atom. The van der Waals surface area contributed by atoms with Gasteiger partial charge in [0, 0.05) is 6.42 Å². The Morgan fingerprint density at radius 3 is 2.50 bits per heavy atom. The first-order valence-corrected chi connectivity index (χ1v) is 7.25. The van der Waals surface area contributed by atoms with Crippen LogP contribution in [0.15, 0.2) is 10.9 Å². The number of rotatable bonds is 5. The number of carbonyl (C=O) groups is 1. The third-order valence-electron chi connectivity index (χ3n) is 3.22. The minimum absolute atomic E-state index is 0.0822. The van der Waals surface area contributed by atoms with Crippen molar-refractivity contribution in [3.63, 3.8) is 0 Å². The molecule has 6 nitrogen and oxygen atoms in total. The van der Waals surface area contributed by atoms with Crippen LogP contribution in [0.2, 0.25) is 10.0 Å². The van der Waals surface area contributed by atoms with Crippen LogP contribution < -0.4 is 5.69 Å². The monoisotopic (exact) mass is 383 g/mol. The highest BCUT2D eigenvalue weighted by molar-refractivity contribution is 6.42. The molecule has 0 unspecified atom stereocenters. The molecule has 0 spiro atoms. The molecule has 0 saturated carbocycles. The van der Waals surface area contributed by atoms with E-state index in [-0.39, 0.29) is 33.8 Å². The van der Waals surface area contributed by atoms with Crippen molar-refractivity contribution < 1.29 is 23.1 Å². The minimum Gasteiger partial charge on any atom is -0.481 e. The van der Waals surface area contributed by atoms with Gasteiger partial charge in [0.2, 0.25) is 0 Å². The van der Waals surface area contributed by atoms with Crippen molar-refractivity contribution in [2.45, 2.75) is 26.3 Å². The topological polar surface area (TPSA) is 77.1 Å². The number of aromatic nitrogens is 3. The van der Waals surface area contributed by atoms with Crippen LogP contribution in [0.5, 0.6) is 0 Å². The number of alkyl halides is 2. The van der Waals surface area contributed by atoms with Crippen molar-refractivity contribution in [2.24, 2.45) is 0 Å². The zero-order valence-electron chi connectivity index (χ0n) is 12.1. The molecule has 1 aromatic carbocycles. The Morgan fingerprint density at radius 1 is 1.38 bits per heavy atom. The van der Waals surface area contributed by atoms with Gasteiger partial charge in [0.1, 0.15) is 11.5 Å². The summed E-state index contributed by atoms with van der Waals surface area (Å²) in [5.74, 6) is -2.57. The molecule has 0 aliphatic heterocycles. The van der Waals surface area contributed by atoms with E-state index in [1.807, 2.05) is 0 Å². The number of aliphatic carboxylic acids is 1. The molecule has 0 aliphatic carbocycles. The third-order valence-corrected chi connectivity index (χ3v) is 4.10. The highest BCUT2D eigenvalue weighted by Gasteiger charge is 2.23. The van der Waals surface area contributed by atoms with Crippen LogP contribution in [0.25, 0.3) is 5.69 Å². The summed E-state index contributed by atoms with van der Waals surface area (Å²) in [5.41, 5.74) is -1.60. The van der Waals surface area contributed by atoms with E-state index in [9.17, 15) is 22.8 Å². The van der Waals surface area contributed by atoms with Gasteiger partial charge in [-0.3, -0.25) is 4.79 Å². The molecule has 0 saturated heterocycles. The highest BCUT2D eigenvalue weighted by Crippen LogP contribution is 2.33. The van der Waals surface area contributed by atoms with Gasteiger partial charge in [-0.1, -0.05) is 23.2 Å². The molecule has 0 atom stereocenters. The van der Waals surface area contributed by atoms with E-state index < -0.39 is 34.7 Å². The van der Waals surface area contributed by atoms with Gasteiger partial charge in [0.25, 0.3) is 0 Å². The largest absolute Gasteiger partial charge is 0.481 e. The zero-order chi connectivity index (χ0) is 18.2. The lowest BCUT2D eigenvalue weighted by Gasteiger charge is -2.10. The van der Waals surface area contributed by atoms with Crippen LogP contribution in [-0.2, 0) is 11.2 Å². The second kappa shape index (κ2) is 6.86. The number of hydrogen-bond donors (Lipinski definition) is 1. The summed E-state index contributed by atoms with van der Waals surface area (Å²) in [6, 6.07) is 1.07. The van der Waals surface area contributed by atoms with Gasteiger partial charge < -0.3 is 5.11 Å². The molecule has 0 amide bonds. The van der Waals surface area contributed by atoms with E-state index in [0.29, 0.717) is 4.68 Å². The van der Waals surface area contributed by atoms with Crippen LogP contribution in [0.1, 0.15) is 24.4 Å². The number of carboxylic acid groups (broad SMARTS) is 1. The van der Waals surface area contributed by atoms with Crippen LogP contribution in [0.3, 0.4) is 0 Å². The molecular formula is C13H10Cl2F3N3O3. The van der Waals surface area contributed by atoms with Crippen LogP contribution in [0.4, 0.5) is 13.2 Å². The van der Waals surface area contributed by atoms with Gasteiger partial charge in [0.05, 0.1) is 10.0 Å². The van der Waals surface area contributed by atoms with E-state index in [4.69, 9.17) is 28.3 Å². The lowest BCUT2D eigenvalue weighted by Crippen LogP contribution is -2.25. The fourth-order valence-corrected chi connectivity index (χ4v) is 2.53. The summed E-state index contributed by atoms with van der Waals surface area (Å²) in [5, 5.41) is 11.6. The molecule has 130 valence electrons. The number of aryl methyl sites for hydroxylation is 2. The Hall–Kier alpha value is -2.00. The van der Waals surface area contributed by atoms with E-state index in [1.165, 1.54) is 0 Å².